The van der Waals surface area contributed by atoms with E-state index in [-0.39, 0.29) is 11.3 Å². The van der Waals surface area contributed by atoms with Crippen molar-refractivity contribution in [1.29, 1.82) is 0 Å². The molecule has 0 radical (unpaired) electrons. The second-order valence-electron chi connectivity index (χ2n) is 4.10. The number of hydrogen-bond donors (Lipinski definition) is 1. The normalized spacial score (nSPS) is 14.4. The molecule has 1 heterocycles. The Balaban J connectivity index is 2.44. The van der Waals surface area contributed by atoms with E-state index in [1.807, 2.05) is 6.07 Å². The van der Waals surface area contributed by atoms with Crippen molar-refractivity contribution in [3.63, 3.8) is 0 Å². The number of ketones is 1. The first-order valence-electron chi connectivity index (χ1n) is 5.22. The maximum absolute atomic E-state index is 11.7. The van der Waals surface area contributed by atoms with Crippen molar-refractivity contribution in [2.45, 2.75) is 19.8 Å². The molecule has 0 spiro atoms. The molecule has 0 bridgehead atoms. The average molecular weight is 214 g/mol. The Hall–Kier alpha value is -1.97. The molecule has 0 amide bonds. The predicted octanol–water partition coefficient (Wildman–Crippen LogP) is 1.36. The van der Waals surface area contributed by atoms with Crippen molar-refractivity contribution in [2.75, 3.05) is 0 Å². The fourth-order valence-electron chi connectivity index (χ4n) is 2.20. The van der Waals surface area contributed by atoms with Crippen LogP contribution < -0.4 is 5.56 Å². The quantitative estimate of drug-likeness (QED) is 0.720. The summed E-state index contributed by atoms with van der Waals surface area (Å²) in [6.07, 6.45) is 1.31. The maximum atomic E-state index is 11.7. The molecule has 2 aromatic rings. The molecule has 1 aromatic carbocycles. The van der Waals surface area contributed by atoms with Gasteiger partial charge in [-0.2, -0.15) is 0 Å². The van der Waals surface area contributed by atoms with Gasteiger partial charge in [-0.3, -0.25) is 9.59 Å². The summed E-state index contributed by atoms with van der Waals surface area (Å²) in [5.74, 6) is 0.721. The van der Waals surface area contributed by atoms with Gasteiger partial charge in [0.15, 0.2) is 5.78 Å². The van der Waals surface area contributed by atoms with Crippen molar-refractivity contribution in [1.82, 2.24) is 9.97 Å². The number of benzene rings is 1. The molecule has 1 aliphatic carbocycles. The first-order chi connectivity index (χ1) is 7.65. The number of H-pyrrole nitrogens is 1. The van der Waals surface area contributed by atoms with Gasteiger partial charge in [-0.05, 0) is 31.0 Å². The van der Waals surface area contributed by atoms with Gasteiger partial charge in [0, 0.05) is 12.0 Å². The predicted molar refractivity (Wildman–Crippen MR) is 59.8 cm³/mol. The van der Waals surface area contributed by atoms with Crippen LogP contribution in [0.15, 0.2) is 16.9 Å². The van der Waals surface area contributed by atoms with Gasteiger partial charge in [0.1, 0.15) is 5.82 Å². The second kappa shape index (κ2) is 3.01. The highest BCUT2D eigenvalue weighted by atomic mass is 16.1. The van der Waals surface area contributed by atoms with Crippen LogP contribution in [-0.2, 0) is 6.42 Å². The molecule has 1 aliphatic rings. The molecule has 0 fully saturated rings. The largest absolute Gasteiger partial charge is 0.310 e. The van der Waals surface area contributed by atoms with E-state index in [0.717, 1.165) is 12.0 Å². The van der Waals surface area contributed by atoms with E-state index in [1.165, 1.54) is 0 Å². The Morgan fingerprint density at radius 1 is 1.25 bits per heavy atom. The minimum absolute atomic E-state index is 0.122. The van der Waals surface area contributed by atoms with Crippen LogP contribution in [0.2, 0.25) is 0 Å². The Kier molecular flexibility index (Phi) is 1.74. The number of carbonyl (C=O) groups excluding carboxylic acids is 1. The number of nitrogens with one attached hydrogen (secondary N) is 1. The van der Waals surface area contributed by atoms with E-state index in [4.69, 9.17) is 0 Å². The number of hydrogen-bond acceptors (Lipinski definition) is 3. The average Bonchev–Trinajstić information content (AvgIpc) is 2.57. The molecule has 0 unspecified atom stereocenters. The summed E-state index contributed by atoms with van der Waals surface area (Å²) >= 11 is 0. The van der Waals surface area contributed by atoms with Crippen molar-refractivity contribution < 1.29 is 4.79 Å². The molecule has 0 saturated heterocycles. The van der Waals surface area contributed by atoms with Crippen LogP contribution in [0.1, 0.15) is 28.2 Å². The lowest BCUT2D eigenvalue weighted by molar-refractivity contribution is 0.0994. The van der Waals surface area contributed by atoms with Crippen molar-refractivity contribution >= 4 is 16.7 Å². The number of carbonyl (C=O) groups is 1. The first-order valence-corrected chi connectivity index (χ1v) is 5.22. The molecule has 1 aromatic heterocycles. The maximum Gasteiger partial charge on any atom is 0.258 e. The summed E-state index contributed by atoms with van der Waals surface area (Å²) < 4.78 is 0. The summed E-state index contributed by atoms with van der Waals surface area (Å²) in [7, 11) is 0. The number of fused-ring (bicyclic) bond motifs is 2. The lowest BCUT2D eigenvalue weighted by Crippen LogP contribution is -2.10. The zero-order chi connectivity index (χ0) is 11.3. The van der Waals surface area contributed by atoms with E-state index < -0.39 is 0 Å². The summed E-state index contributed by atoms with van der Waals surface area (Å²) in [6, 6.07) is 3.53. The molecule has 16 heavy (non-hydrogen) atoms. The summed E-state index contributed by atoms with van der Waals surface area (Å²) in [5.41, 5.74) is 2.19. The minimum Gasteiger partial charge on any atom is -0.310 e. The number of rotatable bonds is 0. The molecule has 4 nitrogen and oxygen atoms in total. The summed E-state index contributed by atoms with van der Waals surface area (Å²) in [6.45, 7) is 1.75. The van der Waals surface area contributed by atoms with Crippen LogP contribution in [0.3, 0.4) is 0 Å². The fourth-order valence-corrected chi connectivity index (χ4v) is 2.20. The van der Waals surface area contributed by atoms with E-state index >= 15 is 0 Å². The lowest BCUT2D eigenvalue weighted by Gasteiger charge is -2.02. The molecule has 80 valence electrons. The first kappa shape index (κ1) is 9.27. The minimum atomic E-state index is -0.176. The molecular weight excluding hydrogens is 204 g/mol. The van der Waals surface area contributed by atoms with E-state index in [0.29, 0.717) is 28.7 Å². The number of aromatic nitrogens is 2. The molecule has 0 aliphatic heterocycles. The van der Waals surface area contributed by atoms with Gasteiger partial charge in [0.2, 0.25) is 0 Å². The van der Waals surface area contributed by atoms with Crippen LogP contribution in [0.4, 0.5) is 0 Å². The van der Waals surface area contributed by atoms with Crippen LogP contribution in [0.25, 0.3) is 10.9 Å². The zero-order valence-electron chi connectivity index (χ0n) is 8.83. The monoisotopic (exact) mass is 214 g/mol. The molecule has 4 heteroatoms. The van der Waals surface area contributed by atoms with Crippen LogP contribution in [-0.4, -0.2) is 15.8 Å². The number of nitrogens with zero attached hydrogens (tertiary/aromatic N) is 1. The second-order valence-corrected chi connectivity index (χ2v) is 4.10. The number of Topliss-reactive ketones (excluding diaryl/α,β-unsaturated/α-hetero) is 1. The van der Waals surface area contributed by atoms with Crippen LogP contribution >= 0.6 is 0 Å². The third-order valence-corrected chi connectivity index (χ3v) is 2.97. The van der Waals surface area contributed by atoms with Gasteiger partial charge in [-0.15, -0.1) is 0 Å². The standard InChI is InChI=1S/C12H10N2O2/c1-6-13-10-4-7-2-3-11(15)8(7)5-9(10)12(16)14-6/h4-5H,2-3H2,1H3,(H,13,14,16). The van der Waals surface area contributed by atoms with Gasteiger partial charge >= 0.3 is 0 Å². The van der Waals surface area contributed by atoms with E-state index in [1.54, 1.807) is 13.0 Å². The Morgan fingerprint density at radius 3 is 2.88 bits per heavy atom. The van der Waals surface area contributed by atoms with Crippen molar-refractivity contribution in [3.8, 4) is 0 Å². The van der Waals surface area contributed by atoms with Gasteiger partial charge in [0.05, 0.1) is 10.9 Å². The molecule has 0 atom stereocenters. The summed E-state index contributed by atoms with van der Waals surface area (Å²) in [4.78, 5) is 30.2. The highest BCUT2D eigenvalue weighted by Crippen LogP contribution is 2.25. The SMILES string of the molecule is Cc1nc2cc3c(cc2c(=O)[nH]1)C(=O)CC3. The van der Waals surface area contributed by atoms with Gasteiger partial charge in [-0.25, -0.2) is 4.98 Å². The smallest absolute Gasteiger partial charge is 0.258 e. The Bertz CT molecular complexity index is 671. The molecular formula is C12H10N2O2. The van der Waals surface area contributed by atoms with E-state index in [9.17, 15) is 9.59 Å². The van der Waals surface area contributed by atoms with Crippen molar-refractivity contribution in [2.24, 2.45) is 0 Å². The van der Waals surface area contributed by atoms with Gasteiger partial charge in [-0.1, -0.05) is 0 Å². The van der Waals surface area contributed by atoms with E-state index in [2.05, 4.69) is 9.97 Å². The van der Waals surface area contributed by atoms with Crippen molar-refractivity contribution in [3.05, 3.63) is 39.4 Å². The topological polar surface area (TPSA) is 62.8 Å². The molecule has 0 saturated carbocycles. The molecule has 3 rings (SSSR count). The van der Waals surface area contributed by atoms with Crippen LogP contribution in [0, 0.1) is 6.92 Å². The van der Waals surface area contributed by atoms with Crippen LogP contribution in [0.5, 0.6) is 0 Å². The highest BCUT2D eigenvalue weighted by molar-refractivity contribution is 6.03. The Morgan fingerprint density at radius 2 is 2.06 bits per heavy atom. The third kappa shape index (κ3) is 1.19. The zero-order valence-corrected chi connectivity index (χ0v) is 8.83. The third-order valence-electron chi connectivity index (χ3n) is 2.97. The van der Waals surface area contributed by atoms with Gasteiger partial charge < -0.3 is 4.98 Å². The highest BCUT2D eigenvalue weighted by Gasteiger charge is 2.20. The number of aromatic amines is 1. The summed E-state index contributed by atoms with van der Waals surface area (Å²) in [5, 5.41) is 0.500. The fraction of sp³-hybridized carbons (Fsp3) is 0.250. The van der Waals surface area contributed by atoms with Gasteiger partial charge in [0.25, 0.3) is 5.56 Å². The lowest BCUT2D eigenvalue weighted by atomic mass is 10.1. The molecule has 1 N–H and O–H groups in total. The number of aryl methyl sites for hydroxylation is 2. The Labute approximate surface area is 91.3 Å².